The molecule has 0 atom stereocenters. The van der Waals surface area contributed by atoms with Crippen molar-refractivity contribution in [1.82, 2.24) is 14.0 Å². The molecule has 1 saturated heterocycles. The molecule has 1 aromatic heterocycles. The Morgan fingerprint density at radius 2 is 1.71 bits per heavy atom. The van der Waals surface area contributed by atoms with E-state index in [1.165, 1.54) is 0 Å². The Morgan fingerprint density at radius 3 is 2.42 bits per heavy atom. The molecular formula is C23H26N4O4. The van der Waals surface area contributed by atoms with Crippen LogP contribution >= 0.6 is 0 Å². The van der Waals surface area contributed by atoms with E-state index in [1.54, 1.807) is 38.3 Å². The van der Waals surface area contributed by atoms with Gasteiger partial charge in [-0.2, -0.15) is 0 Å². The van der Waals surface area contributed by atoms with Gasteiger partial charge in [0.05, 0.1) is 24.2 Å². The smallest absolute Gasteiger partial charge is 0.329 e. The first-order valence-corrected chi connectivity index (χ1v) is 10.5. The summed E-state index contributed by atoms with van der Waals surface area (Å²) in [7, 11) is 0. The summed E-state index contributed by atoms with van der Waals surface area (Å²) in [6.07, 6.45) is 0.152. The second kappa shape index (κ2) is 9.18. The average molecular weight is 422 g/mol. The predicted molar refractivity (Wildman–Crippen MR) is 118 cm³/mol. The van der Waals surface area contributed by atoms with Gasteiger partial charge in [0, 0.05) is 43.9 Å². The van der Waals surface area contributed by atoms with Crippen LogP contribution in [0.1, 0.15) is 23.7 Å². The standard InChI is InChI=1S/C23H26N4O4/c1-2-26-19-8-3-4-9-20(19)27(23(26)30)11-10-21(28)24-18-7-5-6-17(16-18)22(29)25-12-14-31-15-13-25/h3-9,16H,2,10-15H2,1H3,(H,24,28). The van der Waals surface area contributed by atoms with Crippen LogP contribution in [0.5, 0.6) is 0 Å². The molecule has 4 rings (SSSR count). The van der Waals surface area contributed by atoms with Crippen molar-refractivity contribution < 1.29 is 14.3 Å². The van der Waals surface area contributed by atoms with Crippen LogP contribution in [0.2, 0.25) is 0 Å². The molecule has 8 heteroatoms. The quantitative estimate of drug-likeness (QED) is 0.661. The van der Waals surface area contributed by atoms with Gasteiger partial charge < -0.3 is 15.0 Å². The average Bonchev–Trinajstić information content (AvgIpc) is 3.08. The van der Waals surface area contributed by atoms with Gasteiger partial charge in [0.15, 0.2) is 0 Å². The van der Waals surface area contributed by atoms with Crippen molar-refractivity contribution in [2.45, 2.75) is 26.4 Å². The van der Waals surface area contributed by atoms with Crippen LogP contribution in [0.4, 0.5) is 5.69 Å². The van der Waals surface area contributed by atoms with Crippen molar-refractivity contribution in [2.24, 2.45) is 0 Å². The van der Waals surface area contributed by atoms with Gasteiger partial charge in [0.25, 0.3) is 5.91 Å². The second-order valence-corrected chi connectivity index (χ2v) is 7.45. The summed E-state index contributed by atoms with van der Waals surface area (Å²) in [4.78, 5) is 39.7. The first-order valence-electron chi connectivity index (χ1n) is 10.5. The fourth-order valence-corrected chi connectivity index (χ4v) is 3.91. The molecule has 2 aromatic carbocycles. The minimum atomic E-state index is -0.212. The predicted octanol–water partition coefficient (Wildman–Crippen LogP) is 2.32. The molecule has 162 valence electrons. The molecule has 0 aliphatic carbocycles. The molecule has 1 fully saturated rings. The third-order valence-electron chi connectivity index (χ3n) is 5.50. The monoisotopic (exact) mass is 422 g/mol. The maximum atomic E-state index is 12.7. The number of hydrogen-bond acceptors (Lipinski definition) is 4. The molecule has 3 aromatic rings. The highest BCUT2D eigenvalue weighted by atomic mass is 16.5. The lowest BCUT2D eigenvalue weighted by atomic mass is 10.1. The van der Waals surface area contributed by atoms with E-state index in [2.05, 4.69) is 5.32 Å². The van der Waals surface area contributed by atoms with Crippen LogP contribution in [0.25, 0.3) is 11.0 Å². The Bertz CT molecular complexity index is 1160. The van der Waals surface area contributed by atoms with Gasteiger partial charge in [-0.05, 0) is 37.3 Å². The highest BCUT2D eigenvalue weighted by Crippen LogP contribution is 2.16. The Labute approximate surface area is 180 Å². The van der Waals surface area contributed by atoms with Crippen molar-refractivity contribution in [1.29, 1.82) is 0 Å². The normalized spacial score (nSPS) is 14.0. The number of hydrogen-bond donors (Lipinski definition) is 1. The number of imidazole rings is 1. The molecule has 0 unspecified atom stereocenters. The van der Waals surface area contributed by atoms with E-state index < -0.39 is 0 Å². The van der Waals surface area contributed by atoms with Crippen LogP contribution in [0.15, 0.2) is 53.3 Å². The number of nitrogens with one attached hydrogen (secondary N) is 1. The van der Waals surface area contributed by atoms with Crippen LogP contribution in [0.3, 0.4) is 0 Å². The molecular weight excluding hydrogens is 396 g/mol. The van der Waals surface area contributed by atoms with Crippen LogP contribution in [0, 0.1) is 0 Å². The number of para-hydroxylation sites is 2. The van der Waals surface area contributed by atoms with Crippen LogP contribution in [-0.2, 0) is 22.6 Å². The molecule has 0 radical (unpaired) electrons. The summed E-state index contributed by atoms with van der Waals surface area (Å²) in [5, 5.41) is 2.84. The minimum Gasteiger partial charge on any atom is -0.378 e. The van der Waals surface area contributed by atoms with E-state index >= 15 is 0 Å². The van der Waals surface area contributed by atoms with E-state index in [0.29, 0.717) is 44.1 Å². The first-order chi connectivity index (χ1) is 15.1. The number of aryl methyl sites for hydroxylation is 2. The van der Waals surface area contributed by atoms with E-state index in [1.807, 2.05) is 31.2 Å². The molecule has 8 nitrogen and oxygen atoms in total. The number of benzene rings is 2. The SMILES string of the molecule is CCn1c(=O)n(CCC(=O)Nc2cccc(C(=O)N3CCOCC3)c2)c2ccccc21. The van der Waals surface area contributed by atoms with Gasteiger partial charge in [-0.3, -0.25) is 18.7 Å². The maximum absolute atomic E-state index is 12.7. The summed E-state index contributed by atoms with van der Waals surface area (Å²) >= 11 is 0. The number of fused-ring (bicyclic) bond motifs is 1. The zero-order valence-electron chi connectivity index (χ0n) is 17.5. The Morgan fingerprint density at radius 1 is 1.00 bits per heavy atom. The lowest BCUT2D eigenvalue weighted by Crippen LogP contribution is -2.40. The lowest BCUT2D eigenvalue weighted by molar-refractivity contribution is -0.116. The van der Waals surface area contributed by atoms with Crippen LogP contribution < -0.4 is 11.0 Å². The number of carbonyl (C=O) groups excluding carboxylic acids is 2. The molecule has 1 N–H and O–H groups in total. The van der Waals surface area contributed by atoms with Gasteiger partial charge in [-0.1, -0.05) is 18.2 Å². The molecule has 31 heavy (non-hydrogen) atoms. The molecule has 0 bridgehead atoms. The number of amides is 2. The van der Waals surface area contributed by atoms with Crippen molar-refractivity contribution in [3.05, 3.63) is 64.6 Å². The van der Waals surface area contributed by atoms with Gasteiger partial charge in [-0.25, -0.2) is 4.79 Å². The highest BCUT2D eigenvalue weighted by molar-refractivity contribution is 5.97. The zero-order chi connectivity index (χ0) is 21.8. The molecule has 1 aliphatic rings. The number of nitrogens with zero attached hydrogens (tertiary/aromatic N) is 3. The van der Waals surface area contributed by atoms with Crippen molar-refractivity contribution >= 4 is 28.5 Å². The largest absolute Gasteiger partial charge is 0.378 e. The minimum absolute atomic E-state index is 0.0710. The number of morpholine rings is 1. The number of carbonyl (C=O) groups is 2. The molecule has 2 heterocycles. The third-order valence-corrected chi connectivity index (χ3v) is 5.50. The fraction of sp³-hybridized carbons (Fsp3) is 0.348. The number of aromatic nitrogens is 2. The Hall–Kier alpha value is -3.39. The highest BCUT2D eigenvalue weighted by Gasteiger charge is 2.19. The van der Waals surface area contributed by atoms with E-state index in [-0.39, 0.29) is 30.5 Å². The maximum Gasteiger partial charge on any atom is 0.329 e. The Balaban J connectivity index is 1.43. The van der Waals surface area contributed by atoms with Gasteiger partial charge in [0.2, 0.25) is 5.91 Å². The van der Waals surface area contributed by atoms with E-state index in [4.69, 9.17) is 4.74 Å². The molecule has 0 saturated carbocycles. The molecule has 0 spiro atoms. The third kappa shape index (κ3) is 4.39. The van der Waals surface area contributed by atoms with Gasteiger partial charge >= 0.3 is 5.69 Å². The van der Waals surface area contributed by atoms with Gasteiger partial charge in [0.1, 0.15) is 0 Å². The Kier molecular flexibility index (Phi) is 6.18. The van der Waals surface area contributed by atoms with Crippen molar-refractivity contribution in [3.8, 4) is 0 Å². The summed E-state index contributed by atoms with van der Waals surface area (Å²) in [5.41, 5.74) is 2.66. The van der Waals surface area contributed by atoms with Crippen molar-refractivity contribution in [2.75, 3.05) is 31.6 Å². The number of anilines is 1. The summed E-state index contributed by atoms with van der Waals surface area (Å²) in [6.45, 7) is 4.99. The van der Waals surface area contributed by atoms with Gasteiger partial charge in [-0.15, -0.1) is 0 Å². The van der Waals surface area contributed by atoms with Crippen molar-refractivity contribution in [3.63, 3.8) is 0 Å². The van der Waals surface area contributed by atoms with E-state index in [9.17, 15) is 14.4 Å². The molecule has 2 amide bonds. The fourth-order valence-electron chi connectivity index (χ4n) is 3.91. The summed E-state index contributed by atoms with van der Waals surface area (Å²) < 4.78 is 8.63. The zero-order valence-corrected chi connectivity index (χ0v) is 17.5. The summed E-state index contributed by atoms with van der Waals surface area (Å²) in [5.74, 6) is -0.283. The number of rotatable bonds is 6. The lowest BCUT2D eigenvalue weighted by Gasteiger charge is -2.27. The molecule has 1 aliphatic heterocycles. The van der Waals surface area contributed by atoms with Crippen LogP contribution in [-0.4, -0.2) is 52.2 Å². The second-order valence-electron chi connectivity index (χ2n) is 7.45. The summed E-state index contributed by atoms with van der Waals surface area (Å²) in [6, 6.07) is 14.5. The van der Waals surface area contributed by atoms with E-state index in [0.717, 1.165) is 11.0 Å². The first kappa shape index (κ1) is 20.9. The number of ether oxygens (including phenoxy) is 1. The topological polar surface area (TPSA) is 85.6 Å².